The Morgan fingerprint density at radius 2 is 1.74 bits per heavy atom. The van der Waals surface area contributed by atoms with Crippen LogP contribution in [0.25, 0.3) is 16.9 Å². The zero-order chi connectivity index (χ0) is 19.2. The number of hydrogen-bond donors (Lipinski definition) is 1. The molecule has 0 saturated carbocycles. The van der Waals surface area contributed by atoms with Crippen LogP contribution in [0, 0.1) is 6.92 Å². The molecule has 0 saturated heterocycles. The molecule has 27 heavy (non-hydrogen) atoms. The Bertz CT molecular complexity index is 899. The summed E-state index contributed by atoms with van der Waals surface area (Å²) < 4.78 is 12.4. The van der Waals surface area contributed by atoms with E-state index in [-0.39, 0.29) is 5.91 Å². The van der Waals surface area contributed by atoms with Crippen LogP contribution >= 0.6 is 0 Å². The van der Waals surface area contributed by atoms with Crippen molar-refractivity contribution < 1.29 is 14.3 Å². The van der Waals surface area contributed by atoms with Crippen molar-refractivity contribution >= 4 is 5.91 Å². The number of carbonyl (C=O) groups is 1. The van der Waals surface area contributed by atoms with E-state index in [1.54, 1.807) is 14.2 Å². The quantitative estimate of drug-likeness (QED) is 0.648. The molecular weight excluding hydrogens is 340 g/mol. The SMILES string of the molecule is COCCNC(=O)c1cc(-c2ccc(OC)cc2)n(-c2ccccc2)c1C. The van der Waals surface area contributed by atoms with Crippen molar-refractivity contribution in [2.24, 2.45) is 0 Å². The summed E-state index contributed by atoms with van der Waals surface area (Å²) in [5.41, 5.74) is 4.52. The van der Waals surface area contributed by atoms with Crippen molar-refractivity contribution in [2.45, 2.75) is 6.92 Å². The molecule has 140 valence electrons. The van der Waals surface area contributed by atoms with Crippen LogP contribution in [0.15, 0.2) is 60.7 Å². The number of ether oxygens (including phenoxy) is 2. The van der Waals surface area contributed by atoms with E-state index in [4.69, 9.17) is 9.47 Å². The van der Waals surface area contributed by atoms with Gasteiger partial charge in [0, 0.05) is 25.0 Å². The number of nitrogens with one attached hydrogen (secondary N) is 1. The first-order valence-electron chi connectivity index (χ1n) is 8.85. The minimum absolute atomic E-state index is 0.103. The van der Waals surface area contributed by atoms with E-state index in [1.165, 1.54) is 0 Å². The van der Waals surface area contributed by atoms with E-state index in [2.05, 4.69) is 9.88 Å². The summed E-state index contributed by atoms with van der Waals surface area (Å²) in [7, 11) is 3.26. The van der Waals surface area contributed by atoms with Gasteiger partial charge in [-0.25, -0.2) is 0 Å². The molecule has 0 aliphatic rings. The van der Waals surface area contributed by atoms with Gasteiger partial charge in [-0.2, -0.15) is 0 Å². The van der Waals surface area contributed by atoms with E-state index in [0.29, 0.717) is 18.7 Å². The second kappa shape index (κ2) is 8.56. The third kappa shape index (κ3) is 4.04. The Hall–Kier alpha value is -3.05. The van der Waals surface area contributed by atoms with E-state index in [9.17, 15) is 4.79 Å². The molecule has 1 heterocycles. The van der Waals surface area contributed by atoms with Crippen molar-refractivity contribution in [3.05, 3.63) is 71.9 Å². The van der Waals surface area contributed by atoms with Gasteiger partial charge in [0.1, 0.15) is 5.75 Å². The van der Waals surface area contributed by atoms with E-state index < -0.39 is 0 Å². The zero-order valence-corrected chi connectivity index (χ0v) is 15.9. The second-order valence-electron chi connectivity index (χ2n) is 6.18. The van der Waals surface area contributed by atoms with Gasteiger partial charge in [0.25, 0.3) is 5.91 Å². The lowest BCUT2D eigenvalue weighted by Gasteiger charge is -2.12. The molecule has 0 radical (unpaired) electrons. The molecule has 3 rings (SSSR count). The summed E-state index contributed by atoms with van der Waals surface area (Å²) in [6, 6.07) is 19.8. The fraction of sp³-hybridized carbons (Fsp3) is 0.227. The highest BCUT2D eigenvalue weighted by molar-refractivity contribution is 5.97. The van der Waals surface area contributed by atoms with Crippen molar-refractivity contribution in [1.82, 2.24) is 9.88 Å². The summed E-state index contributed by atoms with van der Waals surface area (Å²) in [6.07, 6.45) is 0. The minimum atomic E-state index is -0.103. The summed E-state index contributed by atoms with van der Waals surface area (Å²) in [4.78, 5) is 12.7. The van der Waals surface area contributed by atoms with Gasteiger partial charge in [-0.3, -0.25) is 4.79 Å². The number of para-hydroxylation sites is 1. The molecule has 0 fully saturated rings. The molecule has 0 atom stereocenters. The fourth-order valence-electron chi connectivity index (χ4n) is 3.08. The molecule has 0 aliphatic heterocycles. The van der Waals surface area contributed by atoms with E-state index in [1.807, 2.05) is 67.6 Å². The van der Waals surface area contributed by atoms with Gasteiger partial charge in [0.05, 0.1) is 25.0 Å². The standard InChI is InChI=1S/C22H24N2O3/c1-16-20(22(25)23-13-14-26-2)15-21(17-9-11-19(27-3)12-10-17)24(16)18-7-5-4-6-8-18/h4-12,15H,13-14H2,1-3H3,(H,23,25). The Labute approximate surface area is 159 Å². The molecule has 2 aromatic carbocycles. The van der Waals surface area contributed by atoms with Crippen LogP contribution in [0.3, 0.4) is 0 Å². The van der Waals surface area contributed by atoms with Crippen molar-refractivity contribution in [1.29, 1.82) is 0 Å². The predicted octanol–water partition coefficient (Wildman–Crippen LogP) is 3.84. The molecule has 0 spiro atoms. The second-order valence-corrected chi connectivity index (χ2v) is 6.18. The maximum Gasteiger partial charge on any atom is 0.253 e. The Kier molecular flexibility index (Phi) is 5.94. The maximum absolute atomic E-state index is 12.7. The average Bonchev–Trinajstić information content (AvgIpc) is 3.06. The van der Waals surface area contributed by atoms with Crippen LogP contribution in [0.4, 0.5) is 0 Å². The van der Waals surface area contributed by atoms with E-state index >= 15 is 0 Å². The van der Waals surface area contributed by atoms with Crippen molar-refractivity contribution in [2.75, 3.05) is 27.4 Å². The molecule has 1 aromatic heterocycles. The number of carbonyl (C=O) groups excluding carboxylic acids is 1. The number of aromatic nitrogens is 1. The van der Waals surface area contributed by atoms with E-state index in [0.717, 1.165) is 28.4 Å². The molecule has 5 heteroatoms. The highest BCUT2D eigenvalue weighted by Crippen LogP contribution is 2.30. The van der Waals surface area contributed by atoms with Gasteiger partial charge >= 0.3 is 0 Å². The first-order valence-corrected chi connectivity index (χ1v) is 8.85. The average molecular weight is 364 g/mol. The number of rotatable bonds is 7. The van der Waals surface area contributed by atoms with Gasteiger partial charge in [0.2, 0.25) is 0 Å². The third-order valence-corrected chi connectivity index (χ3v) is 4.48. The van der Waals surface area contributed by atoms with Crippen LogP contribution in [0.5, 0.6) is 5.75 Å². The minimum Gasteiger partial charge on any atom is -0.497 e. The summed E-state index contributed by atoms with van der Waals surface area (Å²) in [5, 5.41) is 2.91. The Morgan fingerprint density at radius 1 is 1.04 bits per heavy atom. The van der Waals surface area contributed by atoms with Crippen LogP contribution in [-0.4, -0.2) is 37.8 Å². The van der Waals surface area contributed by atoms with Gasteiger partial charge in [-0.15, -0.1) is 0 Å². The predicted molar refractivity (Wildman–Crippen MR) is 107 cm³/mol. The lowest BCUT2D eigenvalue weighted by molar-refractivity contribution is 0.0936. The third-order valence-electron chi connectivity index (χ3n) is 4.48. The summed E-state index contributed by atoms with van der Waals surface area (Å²) in [5.74, 6) is 0.694. The molecule has 1 N–H and O–H groups in total. The van der Waals surface area contributed by atoms with Crippen LogP contribution in [-0.2, 0) is 4.74 Å². The molecule has 0 aliphatic carbocycles. The molecule has 1 amide bonds. The summed E-state index contributed by atoms with van der Waals surface area (Å²) in [6.45, 7) is 2.92. The Morgan fingerprint density at radius 3 is 2.37 bits per heavy atom. The van der Waals surface area contributed by atoms with Gasteiger partial charge in [-0.1, -0.05) is 18.2 Å². The van der Waals surface area contributed by atoms with Crippen molar-refractivity contribution in [3.63, 3.8) is 0 Å². The van der Waals surface area contributed by atoms with Gasteiger partial charge in [-0.05, 0) is 55.0 Å². The normalized spacial score (nSPS) is 10.6. The van der Waals surface area contributed by atoms with Gasteiger partial charge in [0.15, 0.2) is 0 Å². The molecule has 0 unspecified atom stereocenters. The molecule has 5 nitrogen and oxygen atoms in total. The number of hydrogen-bond acceptors (Lipinski definition) is 3. The maximum atomic E-state index is 12.7. The largest absolute Gasteiger partial charge is 0.497 e. The summed E-state index contributed by atoms with van der Waals surface area (Å²) >= 11 is 0. The number of benzene rings is 2. The Balaban J connectivity index is 2.07. The highest BCUT2D eigenvalue weighted by atomic mass is 16.5. The van der Waals surface area contributed by atoms with Crippen molar-refractivity contribution in [3.8, 4) is 22.7 Å². The van der Waals surface area contributed by atoms with Crippen LogP contribution in [0.1, 0.15) is 16.1 Å². The topological polar surface area (TPSA) is 52.5 Å². The highest BCUT2D eigenvalue weighted by Gasteiger charge is 2.19. The fourth-order valence-corrected chi connectivity index (χ4v) is 3.08. The lowest BCUT2D eigenvalue weighted by Crippen LogP contribution is -2.27. The molecule has 0 bridgehead atoms. The molecular formula is C22H24N2O3. The smallest absolute Gasteiger partial charge is 0.253 e. The number of amides is 1. The monoisotopic (exact) mass is 364 g/mol. The number of methoxy groups -OCH3 is 2. The van der Waals surface area contributed by atoms with Crippen LogP contribution in [0.2, 0.25) is 0 Å². The molecule has 3 aromatic rings. The van der Waals surface area contributed by atoms with Crippen LogP contribution < -0.4 is 10.1 Å². The number of nitrogens with zero attached hydrogens (tertiary/aromatic N) is 1. The lowest BCUT2D eigenvalue weighted by atomic mass is 10.1. The first kappa shape index (κ1) is 18.7. The van der Waals surface area contributed by atoms with Gasteiger partial charge < -0.3 is 19.4 Å². The first-order chi connectivity index (χ1) is 13.2. The zero-order valence-electron chi connectivity index (χ0n) is 15.9.